The molecule has 0 aliphatic carbocycles. The lowest BCUT2D eigenvalue weighted by molar-refractivity contribution is 0.00958. The van der Waals surface area contributed by atoms with E-state index in [2.05, 4.69) is 26.2 Å². The molecule has 0 unspecified atom stereocenters. The zero-order valence-electron chi connectivity index (χ0n) is 13.2. The van der Waals surface area contributed by atoms with Crippen molar-refractivity contribution in [1.82, 2.24) is 15.2 Å². The van der Waals surface area contributed by atoms with Crippen LogP contribution in [0.15, 0.2) is 16.7 Å². The summed E-state index contributed by atoms with van der Waals surface area (Å²) in [5.41, 5.74) is 0.493. The van der Waals surface area contributed by atoms with E-state index in [1.54, 1.807) is 4.90 Å². The molecule has 2 rings (SSSR count). The van der Waals surface area contributed by atoms with Crippen molar-refractivity contribution in [3.63, 3.8) is 0 Å². The Morgan fingerprint density at radius 2 is 2.18 bits per heavy atom. The number of ether oxygens (including phenoxy) is 1. The van der Waals surface area contributed by atoms with Crippen molar-refractivity contribution in [2.24, 2.45) is 0 Å². The summed E-state index contributed by atoms with van der Waals surface area (Å²) in [6.07, 6.45) is -0.286. The number of carbonyl (C=O) groups is 1. The highest BCUT2D eigenvalue weighted by molar-refractivity contribution is 9.10. The molecule has 122 valence electrons. The number of carbonyl (C=O) groups excluding carboxylic acids is 1. The number of nitrogens with one attached hydrogen (secondary N) is 1. The van der Waals surface area contributed by atoms with Gasteiger partial charge < -0.3 is 15.0 Å². The standard InChI is InChI=1S/C15H21BrClN3O2/c1-9-7-18-11(10-5-12(16)19-13(17)6-10)8-20(9)14(21)22-15(2,3)4/h5-6,9,11,18H,7-8H2,1-4H3/t9-,11-/m1/s1. The van der Waals surface area contributed by atoms with Crippen LogP contribution in [0.4, 0.5) is 4.79 Å². The van der Waals surface area contributed by atoms with Crippen molar-refractivity contribution in [3.05, 3.63) is 27.5 Å². The molecule has 2 atom stereocenters. The summed E-state index contributed by atoms with van der Waals surface area (Å²) in [5.74, 6) is 0. The second-order valence-corrected chi connectivity index (χ2v) is 7.69. The average Bonchev–Trinajstić information content (AvgIpc) is 2.35. The SMILES string of the molecule is C[C@@H]1CN[C@@H](c2cc(Cl)nc(Br)c2)CN1C(=O)OC(C)(C)C. The Morgan fingerprint density at radius 3 is 2.77 bits per heavy atom. The molecule has 5 nitrogen and oxygen atoms in total. The molecule has 1 fully saturated rings. The van der Waals surface area contributed by atoms with Crippen molar-refractivity contribution in [3.8, 4) is 0 Å². The highest BCUT2D eigenvalue weighted by Gasteiger charge is 2.32. The summed E-state index contributed by atoms with van der Waals surface area (Å²) in [7, 11) is 0. The second kappa shape index (κ2) is 6.72. The summed E-state index contributed by atoms with van der Waals surface area (Å²) >= 11 is 9.36. The fourth-order valence-corrected chi connectivity index (χ4v) is 3.12. The molecule has 1 aliphatic heterocycles. The van der Waals surface area contributed by atoms with Gasteiger partial charge in [0.25, 0.3) is 0 Å². The second-order valence-electron chi connectivity index (χ2n) is 6.49. The van der Waals surface area contributed by atoms with Crippen LogP contribution in [0.25, 0.3) is 0 Å². The number of hydrogen-bond acceptors (Lipinski definition) is 4. The minimum Gasteiger partial charge on any atom is -0.444 e. The molecule has 7 heteroatoms. The fourth-order valence-electron chi connectivity index (χ4n) is 2.35. The third-order valence-electron chi connectivity index (χ3n) is 3.39. The van der Waals surface area contributed by atoms with E-state index < -0.39 is 5.60 Å². The van der Waals surface area contributed by atoms with E-state index in [1.807, 2.05) is 39.8 Å². The molecule has 0 spiro atoms. The maximum absolute atomic E-state index is 12.4. The molecule has 1 N–H and O–H groups in total. The molecule has 1 aromatic rings. The number of pyridine rings is 1. The Bertz CT molecular complexity index is 542. The number of nitrogens with zero attached hydrogens (tertiary/aromatic N) is 2. The van der Waals surface area contributed by atoms with Gasteiger partial charge >= 0.3 is 6.09 Å². The van der Waals surface area contributed by atoms with Crippen molar-refractivity contribution >= 4 is 33.6 Å². The summed E-state index contributed by atoms with van der Waals surface area (Å²) in [6.45, 7) is 8.84. The Morgan fingerprint density at radius 1 is 1.50 bits per heavy atom. The molecule has 0 saturated carbocycles. The van der Waals surface area contributed by atoms with Gasteiger partial charge in [0, 0.05) is 19.1 Å². The zero-order chi connectivity index (χ0) is 16.5. The van der Waals surface area contributed by atoms with Gasteiger partial charge in [-0.05, 0) is 61.3 Å². The molecule has 0 radical (unpaired) electrons. The van der Waals surface area contributed by atoms with Crippen LogP contribution in [0, 0.1) is 0 Å². The van der Waals surface area contributed by atoms with Crippen LogP contribution in [-0.2, 0) is 4.74 Å². The lowest BCUT2D eigenvalue weighted by Crippen LogP contribution is -2.54. The van der Waals surface area contributed by atoms with Crippen molar-refractivity contribution in [2.75, 3.05) is 13.1 Å². The number of amides is 1. The van der Waals surface area contributed by atoms with Crippen LogP contribution in [0.5, 0.6) is 0 Å². The minimum absolute atomic E-state index is 0.000480. The summed E-state index contributed by atoms with van der Waals surface area (Å²) < 4.78 is 6.17. The van der Waals surface area contributed by atoms with Gasteiger partial charge in [-0.3, -0.25) is 0 Å². The highest BCUT2D eigenvalue weighted by Crippen LogP contribution is 2.25. The number of aromatic nitrogens is 1. The lowest BCUT2D eigenvalue weighted by Gasteiger charge is -2.39. The van der Waals surface area contributed by atoms with Crippen LogP contribution in [0.3, 0.4) is 0 Å². The number of rotatable bonds is 1. The van der Waals surface area contributed by atoms with Crippen LogP contribution in [0.1, 0.15) is 39.3 Å². The van der Waals surface area contributed by atoms with Crippen molar-refractivity contribution < 1.29 is 9.53 Å². The molecule has 0 aromatic carbocycles. The van der Waals surface area contributed by atoms with Gasteiger partial charge in [0.15, 0.2) is 0 Å². The van der Waals surface area contributed by atoms with E-state index in [1.165, 1.54) is 0 Å². The minimum atomic E-state index is -0.500. The third kappa shape index (κ3) is 4.57. The lowest BCUT2D eigenvalue weighted by atomic mass is 10.0. The molecular formula is C15H21BrClN3O2. The van der Waals surface area contributed by atoms with E-state index in [0.29, 0.717) is 22.8 Å². The zero-order valence-corrected chi connectivity index (χ0v) is 15.5. The van der Waals surface area contributed by atoms with Crippen molar-refractivity contribution in [1.29, 1.82) is 0 Å². The van der Waals surface area contributed by atoms with Crippen LogP contribution < -0.4 is 5.32 Å². The molecule has 0 bridgehead atoms. The third-order valence-corrected chi connectivity index (χ3v) is 3.99. The van der Waals surface area contributed by atoms with Gasteiger partial charge in [-0.2, -0.15) is 0 Å². The molecule has 1 saturated heterocycles. The Hall–Kier alpha value is -0.850. The van der Waals surface area contributed by atoms with Crippen LogP contribution >= 0.6 is 27.5 Å². The molecule has 2 heterocycles. The molecule has 1 aromatic heterocycles. The first kappa shape index (κ1) is 17.5. The van der Waals surface area contributed by atoms with Gasteiger partial charge in [-0.25, -0.2) is 9.78 Å². The van der Waals surface area contributed by atoms with Gasteiger partial charge in [0.1, 0.15) is 15.4 Å². The first-order valence-corrected chi connectivity index (χ1v) is 8.39. The molecular weight excluding hydrogens is 370 g/mol. The number of hydrogen-bond donors (Lipinski definition) is 1. The van der Waals surface area contributed by atoms with Gasteiger partial charge in [-0.15, -0.1) is 0 Å². The van der Waals surface area contributed by atoms with Gasteiger partial charge in [0.05, 0.1) is 6.04 Å². The molecule has 1 aliphatic rings. The predicted octanol–water partition coefficient (Wildman–Crippen LogP) is 3.77. The topological polar surface area (TPSA) is 54.5 Å². The Balaban J connectivity index is 2.15. The fraction of sp³-hybridized carbons (Fsp3) is 0.600. The first-order valence-electron chi connectivity index (χ1n) is 7.22. The number of halogens is 2. The van der Waals surface area contributed by atoms with Gasteiger partial charge in [0.2, 0.25) is 0 Å². The maximum atomic E-state index is 12.4. The number of piperazine rings is 1. The maximum Gasteiger partial charge on any atom is 0.410 e. The summed E-state index contributed by atoms with van der Waals surface area (Å²) in [6, 6.07) is 3.80. The quantitative estimate of drug-likeness (QED) is 0.742. The summed E-state index contributed by atoms with van der Waals surface area (Å²) in [5, 5.41) is 3.86. The smallest absolute Gasteiger partial charge is 0.410 e. The largest absolute Gasteiger partial charge is 0.444 e. The van der Waals surface area contributed by atoms with E-state index in [4.69, 9.17) is 16.3 Å². The van der Waals surface area contributed by atoms with Crippen LogP contribution in [0.2, 0.25) is 5.15 Å². The van der Waals surface area contributed by atoms with E-state index in [0.717, 1.165) is 5.56 Å². The van der Waals surface area contributed by atoms with E-state index >= 15 is 0 Å². The van der Waals surface area contributed by atoms with Crippen molar-refractivity contribution in [2.45, 2.75) is 45.4 Å². The highest BCUT2D eigenvalue weighted by atomic mass is 79.9. The summed E-state index contributed by atoms with van der Waals surface area (Å²) in [4.78, 5) is 18.2. The van der Waals surface area contributed by atoms with Crippen LogP contribution in [-0.4, -0.2) is 40.7 Å². The Labute approximate surface area is 144 Å². The van der Waals surface area contributed by atoms with E-state index in [9.17, 15) is 4.79 Å². The normalized spacial score (nSPS) is 22.5. The predicted molar refractivity (Wildman–Crippen MR) is 90.1 cm³/mol. The van der Waals surface area contributed by atoms with E-state index in [-0.39, 0.29) is 18.2 Å². The average molecular weight is 391 g/mol. The monoisotopic (exact) mass is 389 g/mol. The Kier molecular flexibility index (Phi) is 5.35. The molecule has 1 amide bonds. The molecule has 22 heavy (non-hydrogen) atoms. The van der Waals surface area contributed by atoms with Gasteiger partial charge in [-0.1, -0.05) is 11.6 Å². The first-order chi connectivity index (χ1) is 10.2.